The number of nitro groups is 1. The third kappa shape index (κ3) is 4.02. The number of nitrogens with two attached hydrogens (primary N) is 1. The fourth-order valence-electron chi connectivity index (χ4n) is 2.46. The Bertz CT molecular complexity index is 604. The van der Waals surface area contributed by atoms with E-state index in [1.165, 1.54) is 6.07 Å². The Morgan fingerprint density at radius 2 is 1.87 bits per heavy atom. The molecule has 0 aliphatic carbocycles. The summed E-state index contributed by atoms with van der Waals surface area (Å²) in [5.41, 5.74) is 5.72. The molecule has 1 amide bonds. The quantitative estimate of drug-likeness (QED) is 0.509. The molecule has 0 radical (unpaired) electrons. The molecule has 0 spiro atoms. The van der Waals surface area contributed by atoms with Crippen LogP contribution in [0.2, 0.25) is 0 Å². The van der Waals surface area contributed by atoms with Crippen LogP contribution >= 0.6 is 0 Å². The molecule has 1 heterocycles. The normalized spacial score (nSPS) is 15.4. The van der Waals surface area contributed by atoms with Crippen LogP contribution in [-0.4, -0.2) is 47.7 Å². The van der Waals surface area contributed by atoms with Gasteiger partial charge < -0.3 is 20.3 Å². The second-order valence-electron chi connectivity index (χ2n) is 6.43. The van der Waals surface area contributed by atoms with Crippen molar-refractivity contribution in [3.8, 4) is 0 Å². The molecule has 2 N–H and O–H groups in total. The lowest BCUT2D eigenvalue weighted by atomic mass is 10.2. The molecule has 8 heteroatoms. The van der Waals surface area contributed by atoms with Crippen molar-refractivity contribution in [2.24, 2.45) is 0 Å². The summed E-state index contributed by atoms with van der Waals surface area (Å²) < 4.78 is 5.34. The number of hydrogen-bond acceptors (Lipinski definition) is 6. The molecule has 1 fully saturated rings. The van der Waals surface area contributed by atoms with Crippen molar-refractivity contribution in [2.45, 2.75) is 26.4 Å². The molecule has 1 saturated heterocycles. The van der Waals surface area contributed by atoms with Gasteiger partial charge in [-0.3, -0.25) is 10.1 Å². The maximum atomic E-state index is 12.0. The monoisotopic (exact) mass is 322 g/mol. The van der Waals surface area contributed by atoms with E-state index < -0.39 is 10.5 Å². The van der Waals surface area contributed by atoms with Crippen molar-refractivity contribution in [2.75, 3.05) is 36.8 Å². The van der Waals surface area contributed by atoms with Gasteiger partial charge in [-0.15, -0.1) is 0 Å². The Morgan fingerprint density at radius 1 is 1.26 bits per heavy atom. The zero-order valence-corrected chi connectivity index (χ0v) is 13.6. The van der Waals surface area contributed by atoms with E-state index in [4.69, 9.17) is 10.5 Å². The fraction of sp³-hybridized carbons (Fsp3) is 0.533. The third-order valence-electron chi connectivity index (χ3n) is 3.50. The average molecular weight is 322 g/mol. The molecular weight excluding hydrogens is 300 g/mol. The van der Waals surface area contributed by atoms with Crippen LogP contribution in [0.5, 0.6) is 0 Å². The van der Waals surface area contributed by atoms with Crippen molar-refractivity contribution < 1.29 is 14.5 Å². The maximum absolute atomic E-state index is 12.0. The van der Waals surface area contributed by atoms with E-state index in [-0.39, 0.29) is 17.5 Å². The summed E-state index contributed by atoms with van der Waals surface area (Å²) in [7, 11) is 0. The number of ether oxygens (including phenoxy) is 1. The molecule has 1 aromatic carbocycles. The number of benzene rings is 1. The van der Waals surface area contributed by atoms with Gasteiger partial charge in [-0.2, -0.15) is 0 Å². The van der Waals surface area contributed by atoms with E-state index in [2.05, 4.69) is 0 Å². The maximum Gasteiger partial charge on any atom is 0.410 e. The van der Waals surface area contributed by atoms with Gasteiger partial charge in [0.25, 0.3) is 0 Å². The third-order valence-corrected chi connectivity index (χ3v) is 3.50. The largest absolute Gasteiger partial charge is 0.444 e. The van der Waals surface area contributed by atoms with E-state index in [0.29, 0.717) is 31.9 Å². The van der Waals surface area contributed by atoms with Gasteiger partial charge in [-0.25, -0.2) is 4.79 Å². The highest BCUT2D eigenvalue weighted by Gasteiger charge is 2.29. The van der Waals surface area contributed by atoms with E-state index in [0.717, 1.165) is 0 Å². The van der Waals surface area contributed by atoms with E-state index in [1.54, 1.807) is 17.0 Å². The van der Waals surface area contributed by atoms with Gasteiger partial charge in [-0.05, 0) is 32.9 Å². The summed E-state index contributed by atoms with van der Waals surface area (Å²) in [5.74, 6) is 0. The van der Waals surface area contributed by atoms with Crippen LogP contribution in [0.1, 0.15) is 20.8 Å². The summed E-state index contributed by atoms with van der Waals surface area (Å²) in [5, 5.41) is 11.2. The minimum absolute atomic E-state index is 0.0850. The highest BCUT2D eigenvalue weighted by atomic mass is 16.6. The topological polar surface area (TPSA) is 102 Å². The van der Waals surface area contributed by atoms with Gasteiger partial charge in [0.05, 0.1) is 4.92 Å². The van der Waals surface area contributed by atoms with Crippen LogP contribution in [0.25, 0.3) is 0 Å². The molecular formula is C15H22N4O4. The molecule has 23 heavy (non-hydrogen) atoms. The standard InChI is InChI=1S/C15H22N4O4/c1-15(2,3)23-14(20)18-9-7-17(8-10-18)12-6-4-5-11(16)13(12)19(21)22/h4-6H,7-10,16H2,1-3H3. The van der Waals surface area contributed by atoms with Crippen LogP contribution < -0.4 is 10.6 Å². The van der Waals surface area contributed by atoms with Crippen molar-refractivity contribution in [3.63, 3.8) is 0 Å². The van der Waals surface area contributed by atoms with Crippen LogP contribution in [0.3, 0.4) is 0 Å². The molecule has 0 saturated carbocycles. The van der Waals surface area contributed by atoms with Crippen molar-refractivity contribution in [1.82, 2.24) is 4.90 Å². The number of amides is 1. The first-order chi connectivity index (χ1) is 10.7. The SMILES string of the molecule is CC(C)(C)OC(=O)N1CCN(c2cccc(N)c2[N+](=O)[O-])CC1. The molecule has 126 valence electrons. The fourth-order valence-corrected chi connectivity index (χ4v) is 2.46. The first kappa shape index (κ1) is 16.9. The second-order valence-corrected chi connectivity index (χ2v) is 6.43. The van der Waals surface area contributed by atoms with Crippen LogP contribution in [0, 0.1) is 10.1 Å². The van der Waals surface area contributed by atoms with Crippen LogP contribution in [0.4, 0.5) is 21.9 Å². The Balaban J connectivity index is 2.07. The molecule has 1 aliphatic rings. The Kier molecular flexibility index (Phi) is 4.63. The van der Waals surface area contributed by atoms with Gasteiger partial charge in [0.1, 0.15) is 17.0 Å². The van der Waals surface area contributed by atoms with Gasteiger partial charge in [0.2, 0.25) is 0 Å². The number of rotatable bonds is 2. The first-order valence-electron chi connectivity index (χ1n) is 7.45. The molecule has 8 nitrogen and oxygen atoms in total. The minimum Gasteiger partial charge on any atom is -0.444 e. The first-order valence-corrected chi connectivity index (χ1v) is 7.45. The molecule has 0 atom stereocenters. The lowest BCUT2D eigenvalue weighted by molar-refractivity contribution is -0.383. The lowest BCUT2D eigenvalue weighted by Gasteiger charge is -2.36. The number of piperazine rings is 1. The van der Waals surface area contributed by atoms with E-state index >= 15 is 0 Å². The van der Waals surface area contributed by atoms with Crippen LogP contribution in [0.15, 0.2) is 18.2 Å². The average Bonchev–Trinajstić information content (AvgIpc) is 2.45. The van der Waals surface area contributed by atoms with Gasteiger partial charge in [0, 0.05) is 26.2 Å². The number of para-hydroxylation sites is 1. The van der Waals surface area contributed by atoms with Gasteiger partial charge in [0.15, 0.2) is 0 Å². The predicted octanol–water partition coefficient (Wildman–Crippen LogP) is 2.23. The number of hydrogen-bond donors (Lipinski definition) is 1. The zero-order chi connectivity index (χ0) is 17.2. The summed E-state index contributed by atoms with van der Waals surface area (Å²) in [6.45, 7) is 7.32. The number of anilines is 2. The van der Waals surface area contributed by atoms with Crippen molar-refractivity contribution >= 4 is 23.2 Å². The minimum atomic E-state index is -0.541. The smallest absolute Gasteiger partial charge is 0.410 e. The summed E-state index contributed by atoms with van der Waals surface area (Å²) in [6.07, 6.45) is -0.362. The van der Waals surface area contributed by atoms with Crippen molar-refractivity contribution in [3.05, 3.63) is 28.3 Å². The summed E-state index contributed by atoms with van der Waals surface area (Å²) in [6, 6.07) is 4.88. The Morgan fingerprint density at radius 3 is 2.39 bits per heavy atom. The predicted molar refractivity (Wildman–Crippen MR) is 87.5 cm³/mol. The number of carbonyl (C=O) groups is 1. The number of nitro benzene ring substituents is 1. The number of nitrogens with zero attached hydrogens (tertiary/aromatic N) is 3. The number of nitrogen functional groups attached to an aromatic ring is 1. The molecule has 1 aliphatic heterocycles. The number of carbonyl (C=O) groups excluding carboxylic acids is 1. The summed E-state index contributed by atoms with van der Waals surface area (Å²) in [4.78, 5) is 26.3. The summed E-state index contributed by atoms with van der Waals surface area (Å²) >= 11 is 0. The van der Waals surface area contributed by atoms with Crippen LogP contribution in [-0.2, 0) is 4.74 Å². The van der Waals surface area contributed by atoms with Crippen molar-refractivity contribution in [1.29, 1.82) is 0 Å². The second kappa shape index (κ2) is 6.31. The highest BCUT2D eigenvalue weighted by Crippen LogP contribution is 2.34. The Hall–Kier alpha value is -2.51. The zero-order valence-electron chi connectivity index (χ0n) is 13.6. The molecule has 2 rings (SSSR count). The molecule has 0 aromatic heterocycles. The van der Waals surface area contributed by atoms with Gasteiger partial charge >= 0.3 is 11.8 Å². The highest BCUT2D eigenvalue weighted by molar-refractivity contribution is 5.76. The van der Waals surface area contributed by atoms with E-state index in [1.807, 2.05) is 25.7 Å². The molecule has 0 unspecified atom stereocenters. The van der Waals surface area contributed by atoms with E-state index in [9.17, 15) is 14.9 Å². The Labute approximate surface area is 134 Å². The molecule has 0 bridgehead atoms. The van der Waals surface area contributed by atoms with Gasteiger partial charge in [-0.1, -0.05) is 6.07 Å². The lowest BCUT2D eigenvalue weighted by Crippen LogP contribution is -2.50. The molecule has 1 aromatic rings.